The molecule has 0 saturated carbocycles. The Balaban J connectivity index is 1.85. The predicted molar refractivity (Wildman–Crippen MR) is 128 cm³/mol. The molecular formula is C28H18N2. The summed E-state index contributed by atoms with van der Waals surface area (Å²) in [5.74, 6) is 0. The molecule has 0 saturated heterocycles. The van der Waals surface area contributed by atoms with E-state index in [1.807, 2.05) is 54.6 Å². The Morgan fingerprint density at radius 3 is 2.23 bits per heavy atom. The van der Waals surface area contributed by atoms with E-state index in [-0.39, 0.29) is 0 Å². The van der Waals surface area contributed by atoms with Crippen LogP contribution in [0.3, 0.4) is 0 Å². The maximum absolute atomic E-state index is 9.34. The van der Waals surface area contributed by atoms with E-state index in [9.17, 15) is 2.74 Å². The third-order valence-electron chi connectivity index (χ3n) is 6.07. The van der Waals surface area contributed by atoms with Crippen LogP contribution in [-0.2, 0) is 0 Å². The number of H-pyrrole nitrogens is 1. The number of nitrogens with one attached hydrogen (secondary N) is 1. The Bertz CT molecular complexity index is 1840. The monoisotopic (exact) mass is 384 g/mol. The summed E-state index contributed by atoms with van der Waals surface area (Å²) in [6, 6.07) is 31.6. The highest BCUT2D eigenvalue weighted by Crippen LogP contribution is 2.39. The molecule has 0 aliphatic rings. The predicted octanol–water partition coefficient (Wildman–Crippen LogP) is 7.57. The topological polar surface area (TPSA) is 20.7 Å². The van der Waals surface area contributed by atoms with Gasteiger partial charge in [-0.05, 0) is 47.1 Å². The van der Waals surface area contributed by atoms with Crippen molar-refractivity contribution < 1.29 is 2.74 Å². The molecule has 0 radical (unpaired) electrons. The molecular weight excluding hydrogens is 364 g/mol. The normalized spacial score (nSPS) is 12.9. The van der Waals surface area contributed by atoms with E-state index in [2.05, 4.69) is 45.9 Å². The first-order chi connectivity index (χ1) is 15.7. The molecule has 0 aliphatic carbocycles. The molecule has 0 unspecified atom stereocenters. The van der Waals surface area contributed by atoms with Gasteiger partial charge in [0.25, 0.3) is 0 Å². The lowest BCUT2D eigenvalue weighted by atomic mass is 10.0. The van der Waals surface area contributed by atoms with Gasteiger partial charge >= 0.3 is 0 Å². The van der Waals surface area contributed by atoms with Crippen LogP contribution in [0.15, 0.2) is 103 Å². The van der Waals surface area contributed by atoms with Crippen molar-refractivity contribution in [2.45, 2.75) is 0 Å². The quantitative estimate of drug-likeness (QED) is 0.301. The molecule has 1 N–H and O–H groups in total. The lowest BCUT2D eigenvalue weighted by molar-refractivity contribution is 1.18. The van der Waals surface area contributed by atoms with Crippen LogP contribution in [-0.4, -0.2) is 9.55 Å². The van der Waals surface area contributed by atoms with Crippen molar-refractivity contribution in [1.29, 1.82) is 0 Å². The Morgan fingerprint density at radius 1 is 0.567 bits per heavy atom. The molecule has 0 fully saturated rings. The number of hydrogen-bond donors (Lipinski definition) is 1. The molecule has 2 heterocycles. The SMILES string of the molecule is [2H]c1c2c([nH]c3ccccc32)c([2H])c2c1c1c3ccccc3ccc1n2-c1ccccc1. The minimum absolute atomic E-state index is 0.423. The van der Waals surface area contributed by atoms with Gasteiger partial charge in [-0.2, -0.15) is 0 Å². The minimum atomic E-state index is 0.423. The summed E-state index contributed by atoms with van der Waals surface area (Å²) in [7, 11) is 0. The summed E-state index contributed by atoms with van der Waals surface area (Å²) in [6.07, 6.45) is 0. The van der Waals surface area contributed by atoms with E-state index < -0.39 is 0 Å². The Hall–Kier alpha value is -4.04. The molecule has 0 amide bonds. The zero-order chi connectivity index (χ0) is 21.4. The highest BCUT2D eigenvalue weighted by Gasteiger charge is 2.16. The molecule has 0 atom stereocenters. The maximum atomic E-state index is 9.34. The average molecular weight is 384 g/mol. The zero-order valence-electron chi connectivity index (χ0n) is 18.1. The zero-order valence-corrected chi connectivity index (χ0v) is 16.1. The number of aromatic amines is 1. The fourth-order valence-electron chi connectivity index (χ4n) is 4.75. The summed E-state index contributed by atoms with van der Waals surface area (Å²) >= 11 is 0. The van der Waals surface area contributed by atoms with Crippen LogP contribution in [0, 0.1) is 0 Å². The molecule has 0 spiro atoms. The standard InChI is InChI=1S/C28H18N2/c1-2-9-19(10-3-1)30-26-15-14-18-8-4-5-11-20(18)28(26)23-16-22-21-12-6-7-13-24(21)29-25(22)17-27(23)30/h1-17,29H/i16D,17D. The lowest BCUT2D eigenvalue weighted by Gasteiger charge is -2.08. The van der Waals surface area contributed by atoms with Gasteiger partial charge < -0.3 is 9.55 Å². The van der Waals surface area contributed by atoms with Crippen molar-refractivity contribution in [3.05, 3.63) is 103 Å². The second-order valence-electron chi connectivity index (χ2n) is 7.75. The molecule has 7 aromatic rings. The number of nitrogens with zero attached hydrogens (tertiary/aromatic N) is 1. The molecule has 2 nitrogen and oxygen atoms in total. The molecule has 0 bridgehead atoms. The summed E-state index contributed by atoms with van der Waals surface area (Å²) in [4.78, 5) is 3.42. The summed E-state index contributed by atoms with van der Waals surface area (Å²) in [5.41, 5.74) is 4.45. The molecule has 2 aromatic heterocycles. The number of aromatic nitrogens is 2. The summed E-state index contributed by atoms with van der Waals surface area (Å²) < 4.78 is 20.7. The van der Waals surface area contributed by atoms with Gasteiger partial charge in [-0.3, -0.25) is 0 Å². The van der Waals surface area contributed by atoms with Crippen LogP contribution in [0.4, 0.5) is 0 Å². The van der Waals surface area contributed by atoms with E-state index in [4.69, 9.17) is 0 Å². The van der Waals surface area contributed by atoms with Gasteiger partial charge in [-0.25, -0.2) is 0 Å². The number of fused-ring (bicyclic) bond motifs is 8. The van der Waals surface area contributed by atoms with E-state index in [0.29, 0.717) is 17.6 Å². The molecule has 7 rings (SSSR count). The second-order valence-corrected chi connectivity index (χ2v) is 7.75. The van der Waals surface area contributed by atoms with Crippen molar-refractivity contribution >= 4 is 54.4 Å². The number of para-hydroxylation sites is 2. The van der Waals surface area contributed by atoms with Gasteiger partial charge in [0.1, 0.15) is 0 Å². The first-order valence-corrected chi connectivity index (χ1v) is 10.1. The first kappa shape index (κ1) is 14.0. The van der Waals surface area contributed by atoms with Crippen LogP contribution >= 0.6 is 0 Å². The van der Waals surface area contributed by atoms with Gasteiger partial charge in [0.15, 0.2) is 0 Å². The van der Waals surface area contributed by atoms with E-state index in [0.717, 1.165) is 54.6 Å². The third kappa shape index (κ3) is 2.03. The Kier molecular flexibility index (Phi) is 2.68. The van der Waals surface area contributed by atoms with E-state index in [1.54, 1.807) is 0 Å². The molecule has 30 heavy (non-hydrogen) atoms. The van der Waals surface area contributed by atoms with Crippen molar-refractivity contribution in [2.24, 2.45) is 0 Å². The summed E-state index contributed by atoms with van der Waals surface area (Å²) in [5, 5.41) is 5.92. The van der Waals surface area contributed by atoms with Gasteiger partial charge in [0.05, 0.1) is 13.8 Å². The fourth-order valence-corrected chi connectivity index (χ4v) is 4.75. The third-order valence-corrected chi connectivity index (χ3v) is 6.07. The van der Waals surface area contributed by atoms with Gasteiger partial charge in [-0.1, -0.05) is 66.7 Å². The van der Waals surface area contributed by atoms with E-state index in [1.165, 1.54) is 0 Å². The van der Waals surface area contributed by atoms with Crippen molar-refractivity contribution in [1.82, 2.24) is 9.55 Å². The highest BCUT2D eigenvalue weighted by molar-refractivity contribution is 6.24. The van der Waals surface area contributed by atoms with Crippen molar-refractivity contribution in [2.75, 3.05) is 0 Å². The van der Waals surface area contributed by atoms with Crippen LogP contribution < -0.4 is 0 Å². The van der Waals surface area contributed by atoms with Gasteiger partial charge in [-0.15, -0.1) is 0 Å². The second kappa shape index (κ2) is 5.74. The summed E-state index contributed by atoms with van der Waals surface area (Å²) in [6.45, 7) is 0. The average Bonchev–Trinajstić information content (AvgIpc) is 3.40. The fraction of sp³-hybridized carbons (Fsp3) is 0. The van der Waals surface area contributed by atoms with Crippen LogP contribution in [0.5, 0.6) is 0 Å². The van der Waals surface area contributed by atoms with Crippen LogP contribution in [0.2, 0.25) is 0 Å². The number of benzene rings is 5. The highest BCUT2D eigenvalue weighted by atomic mass is 15.0. The van der Waals surface area contributed by atoms with Gasteiger partial charge in [0, 0.05) is 38.3 Å². The molecule has 2 heteroatoms. The minimum Gasteiger partial charge on any atom is -0.354 e. The van der Waals surface area contributed by atoms with E-state index >= 15 is 0 Å². The molecule has 0 aliphatic heterocycles. The Morgan fingerprint density at radius 2 is 1.33 bits per heavy atom. The molecule has 140 valence electrons. The number of hydrogen-bond acceptors (Lipinski definition) is 0. The van der Waals surface area contributed by atoms with Crippen molar-refractivity contribution in [3.63, 3.8) is 0 Å². The van der Waals surface area contributed by atoms with Crippen LogP contribution in [0.1, 0.15) is 2.74 Å². The smallest absolute Gasteiger partial charge is 0.0667 e. The first-order valence-electron chi connectivity index (χ1n) is 11.1. The largest absolute Gasteiger partial charge is 0.354 e. The molecule has 5 aromatic carbocycles. The maximum Gasteiger partial charge on any atom is 0.0667 e. The van der Waals surface area contributed by atoms with Crippen molar-refractivity contribution in [3.8, 4) is 5.69 Å². The Labute approximate surface area is 175 Å². The number of rotatable bonds is 1. The van der Waals surface area contributed by atoms with Gasteiger partial charge in [0.2, 0.25) is 0 Å². The lowest BCUT2D eigenvalue weighted by Crippen LogP contribution is -1.93. The van der Waals surface area contributed by atoms with Crippen LogP contribution in [0.25, 0.3) is 60.1 Å².